The van der Waals surface area contributed by atoms with E-state index in [4.69, 9.17) is 5.11 Å². The van der Waals surface area contributed by atoms with E-state index in [1.54, 1.807) is 12.1 Å². The van der Waals surface area contributed by atoms with Gasteiger partial charge in [-0.1, -0.05) is 25.7 Å². The summed E-state index contributed by atoms with van der Waals surface area (Å²) in [6.07, 6.45) is 8.14. The number of rotatable bonds is 28. The standard InChI is InChI=1S/C45H66N4O13S3/c1-32-44(3,4)37-28-35(64(57,58)59)20-22-39(37)48(32)25-14-8-11-18-42(51)47-31-34(16-9-6-12-19-43(52)53)30-46-41(50)17-10-7-13-24-45(5)33(2)49(26-15-27-63(54,55)56)40-23-21-36(29-38(40)45)65(60,61)62/h20-23,28-29,34H,6-19,24-27,30-31H2,1-5H3,(H4-2,46,47,50,51,52,53,54,55,56,57,58,59,60,61,62). The molecule has 2 unspecified atom stereocenters. The van der Waals surface area contributed by atoms with Gasteiger partial charge in [0, 0.05) is 82.3 Å². The Hall–Kier alpha value is -4.08. The van der Waals surface area contributed by atoms with Gasteiger partial charge in [0.15, 0.2) is 11.4 Å². The van der Waals surface area contributed by atoms with E-state index < -0.39 is 52.9 Å². The predicted molar refractivity (Wildman–Crippen MR) is 243 cm³/mol. The first-order valence-electron chi connectivity index (χ1n) is 22.4. The minimum absolute atomic E-state index is 0.0638. The van der Waals surface area contributed by atoms with E-state index in [0.717, 1.165) is 41.9 Å². The number of carbonyl (C=O) groups is 3. The molecule has 362 valence electrons. The smallest absolute Gasteiger partial charge is 0.303 e. The van der Waals surface area contributed by atoms with Crippen molar-refractivity contribution in [2.45, 2.75) is 152 Å². The first-order valence-corrected chi connectivity index (χ1v) is 26.8. The Labute approximate surface area is 384 Å². The molecule has 0 aromatic heterocycles. The normalized spacial score (nSPS) is 17.5. The van der Waals surface area contributed by atoms with Gasteiger partial charge in [0.1, 0.15) is 33.3 Å². The van der Waals surface area contributed by atoms with Crippen LogP contribution in [0.2, 0.25) is 0 Å². The lowest BCUT2D eigenvalue weighted by Gasteiger charge is -2.23. The number of benzene rings is 2. The van der Waals surface area contributed by atoms with Crippen molar-refractivity contribution in [2.75, 3.05) is 31.9 Å². The number of hydrogen-bond donors (Lipinski definition) is 4. The number of amides is 2. The van der Waals surface area contributed by atoms with Crippen LogP contribution in [0.1, 0.15) is 142 Å². The average Bonchev–Trinajstić information content (AvgIpc) is 3.53. The largest absolute Gasteiger partial charge is 0.744 e. The molecule has 2 amide bonds. The van der Waals surface area contributed by atoms with Gasteiger partial charge < -0.3 is 24.8 Å². The van der Waals surface area contributed by atoms with E-state index in [1.807, 2.05) is 39.2 Å². The lowest BCUT2D eigenvalue weighted by molar-refractivity contribution is -0.439. The highest BCUT2D eigenvalue weighted by atomic mass is 32.2. The van der Waals surface area contributed by atoms with Crippen molar-refractivity contribution in [1.82, 2.24) is 10.6 Å². The monoisotopic (exact) mass is 966 g/mol. The molecule has 0 fully saturated rings. The van der Waals surface area contributed by atoms with Crippen molar-refractivity contribution in [3.63, 3.8) is 0 Å². The molecule has 0 spiro atoms. The highest BCUT2D eigenvalue weighted by Crippen LogP contribution is 2.44. The highest BCUT2D eigenvalue weighted by Gasteiger charge is 2.46. The van der Waals surface area contributed by atoms with Crippen molar-refractivity contribution >= 4 is 70.9 Å². The number of unbranched alkanes of at least 4 members (excludes halogenated alkanes) is 6. The summed E-state index contributed by atoms with van der Waals surface area (Å²) in [5.74, 6) is -1.61. The number of carboxylic acids is 1. The Bertz CT molecular complexity index is 2480. The number of nitrogens with one attached hydrogen (secondary N) is 2. The maximum absolute atomic E-state index is 13.0. The minimum atomic E-state index is -4.74. The van der Waals surface area contributed by atoms with E-state index >= 15 is 0 Å². The van der Waals surface area contributed by atoms with Crippen molar-refractivity contribution in [1.29, 1.82) is 0 Å². The first-order chi connectivity index (χ1) is 30.3. The van der Waals surface area contributed by atoms with Gasteiger partial charge in [-0.3, -0.25) is 18.9 Å². The summed E-state index contributed by atoms with van der Waals surface area (Å²) >= 11 is 0. The molecule has 0 radical (unpaired) electrons. The molecular weight excluding hydrogens is 901 g/mol. The molecule has 2 aromatic rings. The van der Waals surface area contributed by atoms with Gasteiger partial charge in [-0.25, -0.2) is 16.8 Å². The lowest BCUT2D eigenvalue weighted by atomic mass is 9.76. The SMILES string of the molecule is CC1=[N+](CCCCCC(=O)NCC(CCCCCC(=O)O)CNC(=O)CCCCCC2(C)C(C)=[N+](CCCS(=O)(=O)O)c3ccc(S(=O)(=O)[O-])cc32)c2ccc(S(=O)(=O)[O-])cc2C1(C)C. The highest BCUT2D eigenvalue weighted by molar-refractivity contribution is 7.86. The van der Waals surface area contributed by atoms with Crippen LogP contribution in [0, 0.1) is 5.92 Å². The van der Waals surface area contributed by atoms with Crippen LogP contribution in [-0.4, -0.2) is 114 Å². The topological polar surface area (TPSA) is 270 Å². The molecule has 65 heavy (non-hydrogen) atoms. The number of carboxylic acid groups (broad SMARTS) is 1. The number of fused-ring (bicyclic) bond motifs is 2. The Morgan fingerprint density at radius 1 is 0.646 bits per heavy atom. The molecule has 0 aliphatic carbocycles. The van der Waals surface area contributed by atoms with Gasteiger partial charge in [-0.05, 0) is 89.5 Å². The molecule has 2 aliphatic rings. The fraction of sp³-hybridized carbons (Fsp3) is 0.622. The number of carbonyl (C=O) groups excluding carboxylic acids is 2. The van der Waals surface area contributed by atoms with Gasteiger partial charge in [0.25, 0.3) is 10.1 Å². The van der Waals surface area contributed by atoms with Crippen LogP contribution in [-0.2, 0) is 55.6 Å². The second-order valence-corrected chi connectivity index (χ2v) is 22.5. The third-order valence-corrected chi connectivity index (χ3v) is 15.7. The summed E-state index contributed by atoms with van der Waals surface area (Å²) < 4.78 is 107. The van der Waals surface area contributed by atoms with Crippen LogP contribution in [0.3, 0.4) is 0 Å². The Morgan fingerprint density at radius 3 is 1.66 bits per heavy atom. The van der Waals surface area contributed by atoms with Gasteiger partial charge >= 0.3 is 5.97 Å². The molecule has 2 aliphatic heterocycles. The molecule has 0 saturated carbocycles. The summed E-state index contributed by atoms with van der Waals surface area (Å²) in [6.45, 7) is 11.4. The molecule has 0 bridgehead atoms. The Morgan fingerprint density at radius 2 is 1.12 bits per heavy atom. The van der Waals surface area contributed by atoms with E-state index in [1.165, 1.54) is 24.3 Å². The molecule has 4 rings (SSSR count). The molecule has 2 aromatic carbocycles. The lowest BCUT2D eigenvalue weighted by Crippen LogP contribution is -2.36. The third kappa shape index (κ3) is 15.0. The van der Waals surface area contributed by atoms with Gasteiger partial charge in [0.05, 0.1) is 26.4 Å². The minimum Gasteiger partial charge on any atom is -0.744 e. The Kier molecular flexibility index (Phi) is 18.6. The molecule has 17 nitrogen and oxygen atoms in total. The third-order valence-electron chi connectivity index (χ3n) is 13.2. The van der Waals surface area contributed by atoms with Crippen LogP contribution in [0.15, 0.2) is 46.2 Å². The van der Waals surface area contributed by atoms with Crippen LogP contribution in [0.4, 0.5) is 11.4 Å². The van der Waals surface area contributed by atoms with Crippen LogP contribution < -0.4 is 10.6 Å². The van der Waals surface area contributed by atoms with Crippen molar-refractivity contribution in [3.05, 3.63) is 47.5 Å². The van der Waals surface area contributed by atoms with Crippen LogP contribution >= 0.6 is 0 Å². The van der Waals surface area contributed by atoms with Crippen LogP contribution in [0.25, 0.3) is 0 Å². The van der Waals surface area contributed by atoms with Crippen LogP contribution in [0.5, 0.6) is 0 Å². The van der Waals surface area contributed by atoms with E-state index in [2.05, 4.69) is 15.2 Å². The van der Waals surface area contributed by atoms with E-state index in [0.29, 0.717) is 88.7 Å². The molecular formula is C45H66N4O13S3. The predicted octanol–water partition coefficient (Wildman–Crippen LogP) is 5.64. The summed E-state index contributed by atoms with van der Waals surface area (Å²) in [5.41, 5.74) is 3.74. The molecule has 20 heteroatoms. The second kappa shape index (κ2) is 22.6. The zero-order valence-electron chi connectivity index (χ0n) is 38.2. The molecule has 2 heterocycles. The van der Waals surface area contributed by atoms with Gasteiger partial charge in [-0.15, -0.1) is 0 Å². The van der Waals surface area contributed by atoms with Crippen molar-refractivity contribution in [3.8, 4) is 0 Å². The van der Waals surface area contributed by atoms with Gasteiger partial charge in [-0.2, -0.15) is 17.6 Å². The summed E-state index contributed by atoms with van der Waals surface area (Å²) in [5, 5.41) is 15.0. The summed E-state index contributed by atoms with van der Waals surface area (Å²) in [6, 6.07) is 8.66. The number of aliphatic carboxylic acids is 1. The zero-order chi connectivity index (χ0) is 48.4. The van der Waals surface area contributed by atoms with Crippen molar-refractivity contribution in [2.24, 2.45) is 5.92 Å². The van der Waals surface area contributed by atoms with E-state index in [9.17, 15) is 53.3 Å². The zero-order valence-corrected chi connectivity index (χ0v) is 40.6. The Balaban J connectivity index is 1.24. The number of hydrogen-bond acceptors (Lipinski definition) is 11. The second-order valence-electron chi connectivity index (χ2n) is 18.2. The number of nitrogens with zero attached hydrogens (tertiary/aromatic N) is 2. The maximum atomic E-state index is 13.0. The van der Waals surface area contributed by atoms with Gasteiger partial charge in [0.2, 0.25) is 23.2 Å². The summed E-state index contributed by atoms with van der Waals surface area (Å²) in [4.78, 5) is 36.3. The molecule has 4 N–H and O–H groups in total. The van der Waals surface area contributed by atoms with Crippen molar-refractivity contribution < 1.29 is 67.6 Å². The summed E-state index contributed by atoms with van der Waals surface area (Å²) in [7, 11) is -13.5. The molecule has 2 atom stereocenters. The molecule has 0 saturated heterocycles. The van der Waals surface area contributed by atoms with E-state index in [-0.39, 0.29) is 53.3 Å². The maximum Gasteiger partial charge on any atom is 0.303 e. The fourth-order valence-corrected chi connectivity index (χ4v) is 10.5. The quantitative estimate of drug-likeness (QED) is 0.0457. The average molecular weight is 967 g/mol. The first kappa shape index (κ1) is 53.5. The fourth-order valence-electron chi connectivity index (χ4n) is 8.97.